The fourth-order valence-electron chi connectivity index (χ4n) is 1.77. The van der Waals surface area contributed by atoms with Crippen molar-refractivity contribution < 1.29 is 31.1 Å². The van der Waals surface area contributed by atoms with Gasteiger partial charge < -0.3 is 10.6 Å². The topological polar surface area (TPSA) is 54.0 Å². The third-order valence-electron chi connectivity index (χ3n) is 2.83. The van der Waals surface area contributed by atoms with E-state index in [1.54, 1.807) is 0 Å². The first-order valence-corrected chi connectivity index (χ1v) is 7.23. The maximum Gasteiger partial charge on any atom is 0.416 e. The number of urea groups is 1. The predicted octanol–water partition coefficient (Wildman–Crippen LogP) is 5.53. The maximum absolute atomic E-state index is 12.7. The Hall–Kier alpha value is -2.30. The molecule has 0 aliphatic carbocycles. The fourth-order valence-corrected chi connectivity index (χ4v) is 2.00. The molecule has 2 amide bonds. The van der Waals surface area contributed by atoms with Crippen LogP contribution in [0.5, 0.6) is 0 Å². The predicted molar refractivity (Wildman–Crippen MR) is 81.0 cm³/mol. The molecule has 0 bridgehead atoms. The van der Waals surface area contributed by atoms with Crippen molar-refractivity contribution in [1.82, 2.24) is 4.98 Å². The first-order valence-electron chi connectivity index (χ1n) is 6.44. The normalized spacial score (nSPS) is 12.0. The number of anilines is 2. The van der Waals surface area contributed by atoms with Gasteiger partial charge in [0.25, 0.3) is 0 Å². The molecule has 0 saturated heterocycles. The number of rotatable bonds is 2. The first-order chi connectivity index (χ1) is 11.4. The van der Waals surface area contributed by atoms with Gasteiger partial charge in [0.15, 0.2) is 0 Å². The summed E-state index contributed by atoms with van der Waals surface area (Å²) in [6, 6.07) is 2.70. The van der Waals surface area contributed by atoms with Crippen LogP contribution in [0.25, 0.3) is 0 Å². The molecular formula is C14H8BrF6N3O. The highest BCUT2D eigenvalue weighted by molar-refractivity contribution is 9.10. The summed E-state index contributed by atoms with van der Waals surface area (Å²) in [4.78, 5) is 15.6. The Bertz CT molecular complexity index is 741. The minimum atomic E-state index is -5.00. The van der Waals surface area contributed by atoms with Crippen LogP contribution in [0.4, 0.5) is 42.5 Å². The summed E-state index contributed by atoms with van der Waals surface area (Å²) >= 11 is 3.07. The van der Waals surface area contributed by atoms with Gasteiger partial charge in [-0.2, -0.15) is 26.3 Å². The molecule has 0 aliphatic rings. The van der Waals surface area contributed by atoms with Gasteiger partial charge >= 0.3 is 18.4 Å². The molecule has 1 aromatic heterocycles. The summed E-state index contributed by atoms with van der Waals surface area (Å²) in [5, 5.41) is 4.18. The van der Waals surface area contributed by atoms with E-state index in [-0.39, 0.29) is 11.8 Å². The maximum atomic E-state index is 12.7. The highest BCUT2D eigenvalue weighted by Crippen LogP contribution is 2.37. The van der Waals surface area contributed by atoms with Gasteiger partial charge in [-0.15, -0.1) is 0 Å². The molecule has 1 aromatic carbocycles. The summed E-state index contributed by atoms with van der Waals surface area (Å²) < 4.78 is 77.0. The Morgan fingerprint density at radius 2 is 1.40 bits per heavy atom. The second-order valence-electron chi connectivity index (χ2n) is 4.74. The van der Waals surface area contributed by atoms with Crippen molar-refractivity contribution in [2.45, 2.75) is 12.4 Å². The van der Waals surface area contributed by atoms with E-state index in [9.17, 15) is 31.1 Å². The van der Waals surface area contributed by atoms with E-state index in [0.29, 0.717) is 16.7 Å². The lowest BCUT2D eigenvalue weighted by Gasteiger charge is -2.15. The number of pyridine rings is 1. The number of halogens is 7. The summed E-state index contributed by atoms with van der Waals surface area (Å²) in [6.45, 7) is 0. The Morgan fingerprint density at radius 3 is 1.84 bits per heavy atom. The zero-order valence-electron chi connectivity index (χ0n) is 12.0. The third kappa shape index (κ3) is 5.34. The average Bonchev–Trinajstić information content (AvgIpc) is 2.47. The molecule has 25 heavy (non-hydrogen) atoms. The van der Waals surface area contributed by atoms with Crippen molar-refractivity contribution in [3.8, 4) is 0 Å². The lowest BCUT2D eigenvalue weighted by molar-refractivity contribution is -0.143. The summed E-state index contributed by atoms with van der Waals surface area (Å²) in [5.41, 5.74) is -3.50. The Labute approximate surface area is 145 Å². The van der Waals surface area contributed by atoms with Gasteiger partial charge in [-0.3, -0.25) is 0 Å². The average molecular weight is 428 g/mol. The highest BCUT2D eigenvalue weighted by Gasteiger charge is 2.37. The summed E-state index contributed by atoms with van der Waals surface area (Å²) in [7, 11) is 0. The van der Waals surface area contributed by atoms with Crippen LogP contribution < -0.4 is 10.6 Å². The van der Waals surface area contributed by atoms with Crippen LogP contribution in [0.3, 0.4) is 0 Å². The number of amides is 2. The van der Waals surface area contributed by atoms with E-state index in [0.717, 1.165) is 0 Å². The minimum absolute atomic E-state index is 0.0261. The van der Waals surface area contributed by atoms with Gasteiger partial charge in [-0.25, -0.2) is 9.78 Å². The highest BCUT2D eigenvalue weighted by atomic mass is 79.9. The lowest BCUT2D eigenvalue weighted by Crippen LogP contribution is -2.20. The van der Waals surface area contributed by atoms with Crippen molar-refractivity contribution in [2.24, 2.45) is 0 Å². The zero-order valence-corrected chi connectivity index (χ0v) is 13.6. The van der Waals surface area contributed by atoms with Gasteiger partial charge in [0.05, 0.1) is 23.0 Å². The van der Waals surface area contributed by atoms with Crippen molar-refractivity contribution in [1.29, 1.82) is 0 Å². The van der Waals surface area contributed by atoms with E-state index < -0.39 is 35.2 Å². The molecule has 0 spiro atoms. The van der Waals surface area contributed by atoms with Gasteiger partial charge in [-0.1, -0.05) is 0 Å². The number of nitrogens with zero attached hydrogens (tertiary/aromatic N) is 1. The molecule has 0 saturated carbocycles. The van der Waals surface area contributed by atoms with Crippen molar-refractivity contribution >= 4 is 33.3 Å². The molecule has 4 nitrogen and oxygen atoms in total. The van der Waals surface area contributed by atoms with Crippen molar-refractivity contribution in [3.05, 3.63) is 52.3 Å². The van der Waals surface area contributed by atoms with Gasteiger partial charge in [0.1, 0.15) is 4.60 Å². The van der Waals surface area contributed by atoms with Gasteiger partial charge in [0.2, 0.25) is 0 Å². The summed E-state index contributed by atoms with van der Waals surface area (Å²) in [5.74, 6) is 0. The molecule has 0 fully saturated rings. The molecule has 0 aliphatic heterocycles. The van der Waals surface area contributed by atoms with E-state index in [4.69, 9.17) is 0 Å². The minimum Gasteiger partial charge on any atom is -0.308 e. The molecule has 11 heteroatoms. The summed E-state index contributed by atoms with van der Waals surface area (Å²) in [6.07, 6.45) is -8.75. The second kappa shape index (κ2) is 6.90. The number of nitrogens with one attached hydrogen (secondary N) is 2. The molecule has 1 heterocycles. The van der Waals surface area contributed by atoms with Crippen LogP contribution in [-0.2, 0) is 12.4 Å². The van der Waals surface area contributed by atoms with Crippen LogP contribution in [0.15, 0.2) is 41.1 Å². The van der Waals surface area contributed by atoms with E-state index in [1.807, 2.05) is 5.32 Å². The number of carbonyl (C=O) groups excluding carboxylic acids is 1. The number of carbonyl (C=O) groups is 1. The number of alkyl halides is 6. The number of hydrogen-bond acceptors (Lipinski definition) is 2. The van der Waals surface area contributed by atoms with E-state index in [1.165, 1.54) is 18.3 Å². The largest absolute Gasteiger partial charge is 0.416 e. The number of aromatic nitrogens is 1. The van der Waals surface area contributed by atoms with Crippen LogP contribution in [-0.4, -0.2) is 11.0 Å². The molecule has 0 radical (unpaired) electrons. The Morgan fingerprint density at radius 1 is 0.880 bits per heavy atom. The van der Waals surface area contributed by atoms with Crippen molar-refractivity contribution in [3.63, 3.8) is 0 Å². The Balaban J connectivity index is 2.25. The van der Waals surface area contributed by atoms with E-state index >= 15 is 0 Å². The quantitative estimate of drug-likeness (QED) is 0.489. The van der Waals surface area contributed by atoms with Crippen LogP contribution in [0.2, 0.25) is 0 Å². The smallest absolute Gasteiger partial charge is 0.308 e. The fraction of sp³-hybridized carbons (Fsp3) is 0.143. The zero-order chi connectivity index (χ0) is 18.8. The molecule has 134 valence electrons. The van der Waals surface area contributed by atoms with Crippen LogP contribution in [0.1, 0.15) is 11.1 Å². The number of benzene rings is 1. The van der Waals surface area contributed by atoms with E-state index in [2.05, 4.69) is 26.2 Å². The van der Waals surface area contributed by atoms with Crippen molar-refractivity contribution in [2.75, 3.05) is 10.6 Å². The van der Waals surface area contributed by atoms with Crippen LogP contribution in [0, 0.1) is 0 Å². The van der Waals surface area contributed by atoms with Gasteiger partial charge in [0, 0.05) is 5.69 Å². The third-order valence-corrected chi connectivity index (χ3v) is 3.30. The lowest BCUT2D eigenvalue weighted by atomic mass is 10.1. The molecule has 0 atom stereocenters. The number of hydrogen-bond donors (Lipinski definition) is 2. The van der Waals surface area contributed by atoms with Crippen LogP contribution >= 0.6 is 15.9 Å². The molecule has 2 N–H and O–H groups in total. The molecule has 0 unspecified atom stereocenters. The SMILES string of the molecule is O=C(Nc1ccc(Br)nc1)Nc1cc(C(F)(F)F)cc(C(F)(F)F)c1. The molecule has 2 rings (SSSR count). The molecule has 2 aromatic rings. The second-order valence-corrected chi connectivity index (χ2v) is 5.56. The van der Waals surface area contributed by atoms with Gasteiger partial charge in [-0.05, 0) is 46.3 Å². The Kier molecular flexibility index (Phi) is 5.26. The molecular weight excluding hydrogens is 420 g/mol. The standard InChI is InChI=1S/C14H8BrF6N3O/c15-11-2-1-9(6-22-11)23-12(25)24-10-4-7(13(16,17)18)3-8(5-10)14(19,20)21/h1-6H,(H2,23,24,25). The first kappa shape index (κ1) is 19.0. The monoisotopic (exact) mass is 427 g/mol.